The third-order valence-electron chi connectivity index (χ3n) is 5.56. The molecule has 1 N–H and O–H groups in total. The van der Waals surface area contributed by atoms with Crippen molar-refractivity contribution in [2.75, 3.05) is 20.3 Å². The molecule has 1 aromatic carbocycles. The van der Waals surface area contributed by atoms with Crippen LogP contribution in [-0.4, -0.2) is 42.2 Å². The highest BCUT2D eigenvalue weighted by Crippen LogP contribution is 2.46. The maximum Gasteiger partial charge on any atom is 0.338 e. The van der Waals surface area contributed by atoms with Crippen LogP contribution in [0.25, 0.3) is 0 Å². The van der Waals surface area contributed by atoms with E-state index in [9.17, 15) is 9.59 Å². The Labute approximate surface area is 186 Å². The number of carbonyl (C=O) groups excluding carboxylic acids is 2. The van der Waals surface area contributed by atoms with Crippen LogP contribution < -0.4 is 10.1 Å². The van der Waals surface area contributed by atoms with Crippen molar-refractivity contribution in [1.82, 2.24) is 10.2 Å². The van der Waals surface area contributed by atoms with Gasteiger partial charge in [0.05, 0.1) is 37.4 Å². The summed E-state index contributed by atoms with van der Waals surface area (Å²) in [4.78, 5) is 32.2. The minimum absolute atomic E-state index is 0.0252. The van der Waals surface area contributed by atoms with Crippen LogP contribution in [-0.2, 0) is 14.3 Å². The van der Waals surface area contributed by atoms with Gasteiger partial charge in [0.1, 0.15) is 5.75 Å². The second-order valence-electron chi connectivity index (χ2n) is 7.78. The predicted octanol–water partition coefficient (Wildman–Crippen LogP) is 3.75. The Morgan fingerprint density at radius 3 is 2.77 bits per heavy atom. The zero-order valence-electron chi connectivity index (χ0n) is 18.0. The van der Waals surface area contributed by atoms with Gasteiger partial charge in [0.2, 0.25) is 5.91 Å². The Morgan fingerprint density at radius 1 is 1.29 bits per heavy atom. The predicted molar refractivity (Wildman–Crippen MR) is 120 cm³/mol. The number of hydrogen-bond donors (Lipinski definition) is 1. The lowest BCUT2D eigenvalue weighted by molar-refractivity contribution is -0.139. The summed E-state index contributed by atoms with van der Waals surface area (Å²) >= 11 is 1.46. The van der Waals surface area contributed by atoms with Crippen molar-refractivity contribution >= 4 is 28.8 Å². The number of aliphatic imine (C=N–C) groups is 1. The van der Waals surface area contributed by atoms with Crippen LogP contribution in [0.5, 0.6) is 5.75 Å². The van der Waals surface area contributed by atoms with E-state index in [4.69, 9.17) is 9.47 Å². The van der Waals surface area contributed by atoms with Gasteiger partial charge in [0, 0.05) is 17.8 Å². The van der Waals surface area contributed by atoms with E-state index in [1.165, 1.54) is 24.6 Å². The molecule has 1 amide bonds. The van der Waals surface area contributed by atoms with Crippen molar-refractivity contribution in [3.63, 3.8) is 0 Å². The number of hydrogen-bond acceptors (Lipinski definition) is 7. The van der Waals surface area contributed by atoms with E-state index in [2.05, 4.69) is 10.3 Å². The Hall–Kier alpha value is -2.74. The monoisotopic (exact) mass is 441 g/mol. The van der Waals surface area contributed by atoms with Gasteiger partial charge in [-0.05, 0) is 44.1 Å². The van der Waals surface area contributed by atoms with E-state index in [1.54, 1.807) is 14.0 Å². The molecule has 7 nitrogen and oxygen atoms in total. The molecule has 0 bridgehead atoms. The molecule has 4 rings (SSSR count). The summed E-state index contributed by atoms with van der Waals surface area (Å²) in [6, 6.07) is 7.12. The van der Waals surface area contributed by atoms with Crippen molar-refractivity contribution in [3.8, 4) is 5.75 Å². The number of nitrogens with zero attached hydrogens (tertiary/aromatic N) is 2. The fourth-order valence-electron chi connectivity index (χ4n) is 3.83. The standard InChI is InChI=1S/C23H27N3O4S/c1-4-30-22(28)20-14(2)25-23-26(21(20)17-7-5-6-8-18(17)29-3)16(13-31-23)11-19(27)24-12-15-9-10-15/h5-8,13,15,21H,4,9-12H2,1-3H3,(H,24,27)/t21-/m1/s1. The maximum atomic E-state index is 13.0. The minimum Gasteiger partial charge on any atom is -0.496 e. The minimum atomic E-state index is -0.486. The van der Waals surface area contributed by atoms with Crippen molar-refractivity contribution in [2.24, 2.45) is 10.9 Å². The molecule has 3 aliphatic rings. The summed E-state index contributed by atoms with van der Waals surface area (Å²) in [5.41, 5.74) is 2.71. The molecule has 0 spiro atoms. The molecular weight excluding hydrogens is 414 g/mol. The van der Waals surface area contributed by atoms with Crippen molar-refractivity contribution in [2.45, 2.75) is 39.2 Å². The molecule has 1 aromatic rings. The zero-order valence-corrected chi connectivity index (χ0v) is 18.8. The van der Waals surface area contributed by atoms with E-state index in [0.717, 1.165) is 23.0 Å². The first-order valence-corrected chi connectivity index (χ1v) is 11.4. The van der Waals surface area contributed by atoms with Gasteiger partial charge in [-0.25, -0.2) is 9.79 Å². The number of ether oxygens (including phenoxy) is 2. The lowest BCUT2D eigenvalue weighted by Gasteiger charge is -2.36. The molecule has 0 saturated heterocycles. The number of carbonyl (C=O) groups is 2. The Bertz CT molecular complexity index is 981. The van der Waals surface area contributed by atoms with Crippen LogP contribution in [0.1, 0.15) is 44.7 Å². The lowest BCUT2D eigenvalue weighted by atomic mass is 9.93. The smallest absolute Gasteiger partial charge is 0.338 e. The summed E-state index contributed by atoms with van der Waals surface area (Å²) in [6.45, 7) is 4.60. The highest BCUT2D eigenvalue weighted by atomic mass is 32.2. The number of fused-ring (bicyclic) bond motifs is 1. The van der Waals surface area contributed by atoms with Gasteiger partial charge in [0.25, 0.3) is 0 Å². The van der Waals surface area contributed by atoms with E-state index in [0.29, 0.717) is 22.9 Å². The number of nitrogens with one attached hydrogen (secondary N) is 1. The summed E-state index contributed by atoms with van der Waals surface area (Å²) in [6.07, 6.45) is 2.59. The van der Waals surface area contributed by atoms with Gasteiger partial charge >= 0.3 is 5.97 Å². The van der Waals surface area contributed by atoms with Crippen LogP contribution in [0, 0.1) is 5.92 Å². The third-order valence-corrected chi connectivity index (χ3v) is 6.44. The SMILES string of the molecule is CCOC(=O)C1=C(C)N=C2SC=C(CC(=O)NCC3CC3)N2[C@@H]1c1ccccc1OC. The van der Waals surface area contributed by atoms with Gasteiger partial charge < -0.3 is 19.7 Å². The molecule has 2 aliphatic heterocycles. The number of esters is 1. The Balaban J connectivity index is 1.70. The second-order valence-corrected chi connectivity index (χ2v) is 8.62. The van der Waals surface area contributed by atoms with Crippen LogP contribution in [0.2, 0.25) is 0 Å². The Morgan fingerprint density at radius 2 is 2.06 bits per heavy atom. The highest BCUT2D eigenvalue weighted by Gasteiger charge is 2.42. The first-order valence-electron chi connectivity index (χ1n) is 10.5. The molecule has 164 valence electrons. The fraction of sp³-hybridized carbons (Fsp3) is 0.435. The van der Waals surface area contributed by atoms with Gasteiger partial charge in [-0.2, -0.15) is 0 Å². The van der Waals surface area contributed by atoms with E-state index < -0.39 is 12.0 Å². The van der Waals surface area contributed by atoms with Crippen LogP contribution in [0.3, 0.4) is 0 Å². The van der Waals surface area contributed by atoms with Crippen LogP contribution in [0.15, 0.2) is 51.6 Å². The summed E-state index contributed by atoms with van der Waals surface area (Å²) in [5, 5.41) is 5.71. The molecule has 1 aliphatic carbocycles. The molecule has 8 heteroatoms. The molecular formula is C23H27N3O4S. The highest BCUT2D eigenvalue weighted by molar-refractivity contribution is 8.16. The normalized spacial score (nSPS) is 20.1. The molecule has 0 radical (unpaired) electrons. The van der Waals surface area contributed by atoms with E-state index in [-0.39, 0.29) is 18.9 Å². The molecule has 31 heavy (non-hydrogen) atoms. The molecule has 0 aromatic heterocycles. The second kappa shape index (κ2) is 9.18. The average Bonchev–Trinajstić information content (AvgIpc) is 3.52. The van der Waals surface area contributed by atoms with Crippen molar-refractivity contribution in [3.05, 3.63) is 52.2 Å². The van der Waals surface area contributed by atoms with Gasteiger partial charge in [-0.15, -0.1) is 0 Å². The molecule has 1 atom stereocenters. The number of amidine groups is 1. The molecule has 1 saturated carbocycles. The summed E-state index contributed by atoms with van der Waals surface area (Å²) in [5.74, 6) is 0.846. The average molecular weight is 442 g/mol. The maximum absolute atomic E-state index is 13.0. The first kappa shape index (κ1) is 21.5. The molecule has 0 unspecified atom stereocenters. The van der Waals surface area contributed by atoms with Gasteiger partial charge in [-0.1, -0.05) is 30.0 Å². The largest absolute Gasteiger partial charge is 0.496 e. The summed E-state index contributed by atoms with van der Waals surface area (Å²) in [7, 11) is 1.61. The van der Waals surface area contributed by atoms with Gasteiger partial charge in [-0.3, -0.25) is 4.79 Å². The quantitative estimate of drug-likeness (QED) is 0.619. The van der Waals surface area contributed by atoms with Crippen LogP contribution >= 0.6 is 11.8 Å². The number of allylic oxidation sites excluding steroid dienone is 1. The summed E-state index contributed by atoms with van der Waals surface area (Å²) < 4.78 is 11.0. The molecule has 1 fully saturated rings. The van der Waals surface area contributed by atoms with Gasteiger partial charge in [0.15, 0.2) is 5.17 Å². The number of methoxy groups -OCH3 is 1. The number of para-hydroxylation sites is 1. The number of benzene rings is 1. The van der Waals surface area contributed by atoms with Crippen molar-refractivity contribution < 1.29 is 19.1 Å². The Kier molecular flexibility index (Phi) is 6.36. The van der Waals surface area contributed by atoms with Crippen molar-refractivity contribution in [1.29, 1.82) is 0 Å². The molecule has 2 heterocycles. The number of thioether (sulfide) groups is 1. The topological polar surface area (TPSA) is 80.2 Å². The third kappa shape index (κ3) is 4.49. The fourth-order valence-corrected chi connectivity index (χ4v) is 4.80. The zero-order chi connectivity index (χ0) is 22.0. The first-order chi connectivity index (χ1) is 15.0. The number of amides is 1. The number of rotatable bonds is 8. The van der Waals surface area contributed by atoms with Crippen LogP contribution in [0.4, 0.5) is 0 Å². The van der Waals surface area contributed by atoms with E-state index in [1.807, 2.05) is 41.5 Å². The van der Waals surface area contributed by atoms with E-state index >= 15 is 0 Å². The lowest BCUT2D eigenvalue weighted by Crippen LogP contribution is -2.38.